The molecular formula is C11H20N2OS. The lowest BCUT2D eigenvalue weighted by Gasteiger charge is -2.10. The summed E-state index contributed by atoms with van der Waals surface area (Å²) < 4.78 is 5.70. The van der Waals surface area contributed by atoms with Crippen LogP contribution in [0.5, 0.6) is 0 Å². The third-order valence-corrected chi connectivity index (χ3v) is 3.20. The third kappa shape index (κ3) is 4.73. The lowest BCUT2D eigenvalue weighted by molar-refractivity contribution is 0.305. The molecule has 0 radical (unpaired) electrons. The van der Waals surface area contributed by atoms with Gasteiger partial charge < -0.3 is 10.2 Å². The van der Waals surface area contributed by atoms with E-state index in [-0.39, 0.29) is 0 Å². The third-order valence-electron chi connectivity index (χ3n) is 2.19. The van der Waals surface area contributed by atoms with Gasteiger partial charge in [-0.2, -0.15) is 11.8 Å². The molecule has 0 saturated carbocycles. The molecule has 0 spiro atoms. The maximum Gasteiger partial charge on any atom is 0.118 e. The Morgan fingerprint density at radius 2 is 2.13 bits per heavy atom. The molecule has 0 atom stereocenters. The van der Waals surface area contributed by atoms with Crippen LogP contribution in [-0.2, 0) is 12.3 Å². The first kappa shape index (κ1) is 12.6. The second kappa shape index (κ2) is 6.93. The van der Waals surface area contributed by atoms with Crippen LogP contribution in [0.2, 0.25) is 0 Å². The Morgan fingerprint density at radius 3 is 2.80 bits per heavy atom. The van der Waals surface area contributed by atoms with Crippen molar-refractivity contribution in [2.75, 3.05) is 25.9 Å². The van der Waals surface area contributed by atoms with Crippen molar-refractivity contribution in [3.05, 3.63) is 23.7 Å². The zero-order valence-electron chi connectivity index (χ0n) is 9.53. The molecule has 0 amide bonds. The van der Waals surface area contributed by atoms with Gasteiger partial charge in [0.2, 0.25) is 0 Å². The van der Waals surface area contributed by atoms with E-state index in [2.05, 4.69) is 31.0 Å². The highest BCUT2D eigenvalue weighted by atomic mass is 32.2. The van der Waals surface area contributed by atoms with E-state index in [0.29, 0.717) is 0 Å². The molecule has 1 aromatic rings. The quantitative estimate of drug-likeness (QED) is 0.724. The number of furan rings is 1. The van der Waals surface area contributed by atoms with Crippen LogP contribution in [0.25, 0.3) is 0 Å². The van der Waals surface area contributed by atoms with Crippen LogP contribution in [0.4, 0.5) is 0 Å². The van der Waals surface area contributed by atoms with E-state index in [9.17, 15) is 0 Å². The molecule has 3 nitrogen and oxygen atoms in total. The van der Waals surface area contributed by atoms with E-state index in [0.717, 1.165) is 42.7 Å². The molecule has 15 heavy (non-hydrogen) atoms. The fourth-order valence-electron chi connectivity index (χ4n) is 1.22. The van der Waals surface area contributed by atoms with Crippen molar-refractivity contribution in [3.8, 4) is 0 Å². The minimum absolute atomic E-state index is 0.733. The molecule has 4 heteroatoms. The zero-order chi connectivity index (χ0) is 11.1. The molecule has 0 unspecified atom stereocenters. The summed E-state index contributed by atoms with van der Waals surface area (Å²) in [6.45, 7) is 4.80. The van der Waals surface area contributed by atoms with Crippen LogP contribution in [0.15, 0.2) is 16.5 Å². The highest BCUT2D eigenvalue weighted by Crippen LogP contribution is 2.15. The second-order valence-electron chi connectivity index (χ2n) is 3.54. The largest absolute Gasteiger partial charge is 0.464 e. The number of nitrogens with zero attached hydrogens (tertiary/aromatic N) is 1. The van der Waals surface area contributed by atoms with E-state index in [1.165, 1.54) is 0 Å². The normalized spacial score (nSPS) is 11.2. The van der Waals surface area contributed by atoms with Gasteiger partial charge >= 0.3 is 0 Å². The number of hydrogen-bond donors (Lipinski definition) is 1. The predicted octanol–water partition coefficient (Wildman–Crippen LogP) is 1.92. The SMILES string of the molecule is CCN(C)Cc1ccc(CSCCN)o1. The summed E-state index contributed by atoms with van der Waals surface area (Å²) in [4.78, 5) is 2.22. The van der Waals surface area contributed by atoms with Gasteiger partial charge in [0.25, 0.3) is 0 Å². The molecule has 0 aliphatic heterocycles. The van der Waals surface area contributed by atoms with Gasteiger partial charge in [-0.3, -0.25) is 4.90 Å². The first-order chi connectivity index (χ1) is 7.26. The predicted molar refractivity (Wildman–Crippen MR) is 65.9 cm³/mol. The molecule has 1 heterocycles. The minimum Gasteiger partial charge on any atom is -0.464 e. The average Bonchev–Trinajstić information content (AvgIpc) is 2.66. The van der Waals surface area contributed by atoms with Gasteiger partial charge in [-0.1, -0.05) is 6.92 Å². The Labute approximate surface area is 96.0 Å². The highest BCUT2D eigenvalue weighted by molar-refractivity contribution is 7.98. The van der Waals surface area contributed by atoms with Crippen molar-refractivity contribution in [2.45, 2.75) is 19.2 Å². The number of hydrogen-bond acceptors (Lipinski definition) is 4. The molecule has 0 bridgehead atoms. The first-order valence-corrected chi connectivity index (χ1v) is 6.45. The van der Waals surface area contributed by atoms with Crippen molar-refractivity contribution in [1.82, 2.24) is 4.90 Å². The lowest BCUT2D eigenvalue weighted by atomic mass is 10.4. The summed E-state index contributed by atoms with van der Waals surface area (Å²) in [5.41, 5.74) is 5.42. The summed E-state index contributed by atoms with van der Waals surface area (Å²) >= 11 is 1.81. The fourth-order valence-corrected chi connectivity index (χ4v) is 1.89. The molecule has 2 N–H and O–H groups in total. The van der Waals surface area contributed by atoms with Crippen LogP contribution in [0.3, 0.4) is 0 Å². The molecule has 0 aliphatic rings. The Kier molecular flexibility index (Phi) is 5.83. The maximum absolute atomic E-state index is 5.70. The van der Waals surface area contributed by atoms with E-state index in [1.807, 2.05) is 11.8 Å². The Balaban J connectivity index is 2.35. The van der Waals surface area contributed by atoms with Crippen molar-refractivity contribution in [3.63, 3.8) is 0 Å². The van der Waals surface area contributed by atoms with Crippen LogP contribution >= 0.6 is 11.8 Å². The first-order valence-electron chi connectivity index (χ1n) is 5.30. The van der Waals surface area contributed by atoms with Gasteiger partial charge in [-0.15, -0.1) is 0 Å². The summed E-state index contributed by atoms with van der Waals surface area (Å²) in [6, 6.07) is 4.12. The lowest BCUT2D eigenvalue weighted by Crippen LogP contribution is -2.16. The van der Waals surface area contributed by atoms with Crippen molar-refractivity contribution >= 4 is 11.8 Å². The van der Waals surface area contributed by atoms with E-state index in [4.69, 9.17) is 10.2 Å². The minimum atomic E-state index is 0.733. The molecule has 0 aliphatic carbocycles. The molecule has 1 rings (SSSR count). The van der Waals surface area contributed by atoms with Crippen LogP contribution in [-0.4, -0.2) is 30.8 Å². The van der Waals surface area contributed by atoms with Gasteiger partial charge in [-0.05, 0) is 25.7 Å². The Bertz CT molecular complexity index is 275. The average molecular weight is 228 g/mol. The van der Waals surface area contributed by atoms with Gasteiger partial charge in [0.15, 0.2) is 0 Å². The van der Waals surface area contributed by atoms with Crippen LogP contribution in [0, 0.1) is 0 Å². The van der Waals surface area contributed by atoms with Crippen LogP contribution < -0.4 is 5.73 Å². The van der Waals surface area contributed by atoms with Gasteiger partial charge in [-0.25, -0.2) is 0 Å². The van der Waals surface area contributed by atoms with E-state index < -0.39 is 0 Å². The van der Waals surface area contributed by atoms with Gasteiger partial charge in [0.1, 0.15) is 11.5 Å². The number of nitrogens with two attached hydrogens (primary N) is 1. The van der Waals surface area contributed by atoms with Crippen molar-refractivity contribution in [1.29, 1.82) is 0 Å². The number of thioether (sulfide) groups is 1. The van der Waals surface area contributed by atoms with Crippen molar-refractivity contribution < 1.29 is 4.42 Å². The molecule has 1 aromatic heterocycles. The number of rotatable bonds is 7. The zero-order valence-corrected chi connectivity index (χ0v) is 10.3. The maximum atomic E-state index is 5.70. The highest BCUT2D eigenvalue weighted by Gasteiger charge is 2.04. The van der Waals surface area contributed by atoms with E-state index >= 15 is 0 Å². The van der Waals surface area contributed by atoms with Crippen molar-refractivity contribution in [2.24, 2.45) is 5.73 Å². The monoisotopic (exact) mass is 228 g/mol. The molecular weight excluding hydrogens is 208 g/mol. The standard InChI is InChI=1S/C11H20N2OS/c1-3-13(2)8-10-4-5-11(14-10)9-15-7-6-12/h4-5H,3,6-9,12H2,1-2H3. The second-order valence-corrected chi connectivity index (χ2v) is 4.64. The molecule has 0 aromatic carbocycles. The van der Waals surface area contributed by atoms with Gasteiger partial charge in [0, 0.05) is 12.3 Å². The topological polar surface area (TPSA) is 42.4 Å². The molecule has 86 valence electrons. The smallest absolute Gasteiger partial charge is 0.118 e. The summed E-state index contributed by atoms with van der Waals surface area (Å²) in [5.74, 6) is 4.01. The Morgan fingerprint density at radius 1 is 1.40 bits per heavy atom. The fraction of sp³-hybridized carbons (Fsp3) is 0.636. The molecule has 0 saturated heterocycles. The van der Waals surface area contributed by atoms with Crippen LogP contribution in [0.1, 0.15) is 18.4 Å². The summed E-state index contributed by atoms with van der Waals surface area (Å²) in [7, 11) is 2.09. The Hall–Kier alpha value is -0.450. The summed E-state index contributed by atoms with van der Waals surface area (Å²) in [5, 5.41) is 0. The molecule has 0 fully saturated rings. The van der Waals surface area contributed by atoms with Gasteiger partial charge in [0.05, 0.1) is 12.3 Å². The van der Waals surface area contributed by atoms with E-state index in [1.54, 1.807) is 0 Å². The summed E-state index contributed by atoms with van der Waals surface area (Å²) in [6.07, 6.45) is 0.